The second-order valence-corrected chi connectivity index (χ2v) is 4.92. The number of aryl methyl sites for hydroxylation is 1. The van der Waals surface area contributed by atoms with Crippen LogP contribution in [0.5, 0.6) is 0 Å². The van der Waals surface area contributed by atoms with E-state index < -0.39 is 6.10 Å². The average Bonchev–Trinajstić information content (AvgIpc) is 3.07. The van der Waals surface area contributed by atoms with Crippen molar-refractivity contribution in [2.45, 2.75) is 25.4 Å². The van der Waals surface area contributed by atoms with Gasteiger partial charge in [0.05, 0.1) is 12.7 Å². The fourth-order valence-corrected chi connectivity index (χ4v) is 1.68. The van der Waals surface area contributed by atoms with Crippen LogP contribution in [0.2, 0.25) is 0 Å². The number of hydrogen-bond donors (Lipinski definition) is 2. The molecule has 2 N–H and O–H groups in total. The van der Waals surface area contributed by atoms with Gasteiger partial charge in [0, 0.05) is 33.2 Å². The summed E-state index contributed by atoms with van der Waals surface area (Å²) in [6, 6.07) is 0. The minimum Gasteiger partial charge on any atom is -0.389 e. The smallest absolute Gasteiger partial charge is 0.151 e. The number of rotatable bonds is 9. The van der Waals surface area contributed by atoms with Crippen LogP contribution in [0.3, 0.4) is 0 Å². The first kappa shape index (κ1) is 13.5. The lowest BCUT2D eigenvalue weighted by Crippen LogP contribution is -2.32. The van der Waals surface area contributed by atoms with Crippen LogP contribution in [0.25, 0.3) is 0 Å². The van der Waals surface area contributed by atoms with Crippen molar-refractivity contribution >= 4 is 0 Å². The van der Waals surface area contributed by atoms with Gasteiger partial charge in [0.2, 0.25) is 0 Å². The van der Waals surface area contributed by atoms with Crippen LogP contribution in [0, 0.1) is 5.92 Å². The fourth-order valence-electron chi connectivity index (χ4n) is 1.68. The third-order valence-corrected chi connectivity index (χ3v) is 2.91. The molecular formula is C12H22N4O2. The van der Waals surface area contributed by atoms with Crippen LogP contribution in [0.1, 0.15) is 18.7 Å². The Bertz CT molecular complexity index is 352. The molecule has 6 heteroatoms. The molecule has 0 aromatic carbocycles. The van der Waals surface area contributed by atoms with E-state index in [2.05, 4.69) is 15.4 Å². The number of aliphatic hydroxyl groups excluding tert-OH is 1. The van der Waals surface area contributed by atoms with Crippen molar-refractivity contribution in [2.75, 3.05) is 26.3 Å². The van der Waals surface area contributed by atoms with E-state index in [1.807, 2.05) is 7.05 Å². The summed E-state index contributed by atoms with van der Waals surface area (Å²) in [4.78, 5) is 4.13. The molecule has 0 saturated heterocycles. The Morgan fingerprint density at radius 1 is 1.61 bits per heavy atom. The second-order valence-electron chi connectivity index (χ2n) is 4.92. The van der Waals surface area contributed by atoms with Crippen LogP contribution in [0.4, 0.5) is 0 Å². The number of nitrogens with one attached hydrogen (secondary N) is 1. The maximum Gasteiger partial charge on any atom is 0.151 e. The predicted molar refractivity (Wildman–Crippen MR) is 67.1 cm³/mol. The van der Waals surface area contributed by atoms with Crippen molar-refractivity contribution in [1.82, 2.24) is 20.1 Å². The molecule has 1 aliphatic rings. The van der Waals surface area contributed by atoms with Crippen molar-refractivity contribution in [1.29, 1.82) is 0 Å². The normalized spacial score (nSPS) is 17.0. The fraction of sp³-hybridized carbons (Fsp3) is 0.833. The standard InChI is InChI=1S/C12H22N4O2/c1-16-9-14-12(15-16)4-5-13-6-11(17)8-18-7-10-2-3-10/h9-11,13,17H,2-8H2,1H3. The first-order valence-electron chi connectivity index (χ1n) is 6.55. The number of ether oxygens (including phenoxy) is 1. The van der Waals surface area contributed by atoms with Crippen LogP contribution in [-0.2, 0) is 18.2 Å². The predicted octanol–water partition coefficient (Wildman–Crippen LogP) is -0.265. The van der Waals surface area contributed by atoms with E-state index in [0.717, 1.165) is 31.3 Å². The molecule has 2 rings (SSSR count). The Balaban J connectivity index is 1.46. The number of hydrogen-bond acceptors (Lipinski definition) is 5. The zero-order chi connectivity index (χ0) is 12.8. The average molecular weight is 254 g/mol. The molecule has 0 amide bonds. The molecule has 18 heavy (non-hydrogen) atoms. The third kappa shape index (κ3) is 5.12. The van der Waals surface area contributed by atoms with Gasteiger partial charge in [0.25, 0.3) is 0 Å². The number of nitrogens with zero attached hydrogens (tertiary/aromatic N) is 3. The van der Waals surface area contributed by atoms with E-state index in [9.17, 15) is 5.11 Å². The van der Waals surface area contributed by atoms with Crippen molar-refractivity contribution in [3.05, 3.63) is 12.2 Å². The lowest BCUT2D eigenvalue weighted by Gasteiger charge is -2.11. The monoisotopic (exact) mass is 254 g/mol. The highest BCUT2D eigenvalue weighted by molar-refractivity contribution is 4.82. The second kappa shape index (κ2) is 6.82. The van der Waals surface area contributed by atoms with Gasteiger partial charge in [-0.15, -0.1) is 0 Å². The van der Waals surface area contributed by atoms with E-state index >= 15 is 0 Å². The van der Waals surface area contributed by atoms with Crippen LogP contribution >= 0.6 is 0 Å². The number of aliphatic hydroxyl groups is 1. The van der Waals surface area contributed by atoms with Gasteiger partial charge in [0.1, 0.15) is 6.33 Å². The van der Waals surface area contributed by atoms with Gasteiger partial charge in [-0.3, -0.25) is 4.68 Å². The Kier molecular flexibility index (Phi) is 5.10. The highest BCUT2D eigenvalue weighted by atomic mass is 16.5. The molecule has 1 atom stereocenters. The summed E-state index contributed by atoms with van der Waals surface area (Å²) in [6.07, 6.45) is 4.60. The Labute approximate surface area is 107 Å². The molecule has 1 heterocycles. The van der Waals surface area contributed by atoms with Gasteiger partial charge in [-0.05, 0) is 18.8 Å². The Morgan fingerprint density at radius 3 is 3.11 bits per heavy atom. The summed E-state index contributed by atoms with van der Waals surface area (Å²) >= 11 is 0. The van der Waals surface area contributed by atoms with Crippen molar-refractivity contribution in [3.8, 4) is 0 Å². The zero-order valence-electron chi connectivity index (χ0n) is 10.9. The van der Waals surface area contributed by atoms with Gasteiger partial charge in [0.15, 0.2) is 5.82 Å². The first-order valence-corrected chi connectivity index (χ1v) is 6.55. The summed E-state index contributed by atoms with van der Waals surface area (Å²) < 4.78 is 7.11. The van der Waals surface area contributed by atoms with Gasteiger partial charge in [-0.2, -0.15) is 5.10 Å². The summed E-state index contributed by atoms with van der Waals surface area (Å²) in [5.74, 6) is 1.57. The molecule has 0 radical (unpaired) electrons. The molecule has 102 valence electrons. The number of aromatic nitrogens is 3. The van der Waals surface area contributed by atoms with E-state index in [1.54, 1.807) is 11.0 Å². The molecule has 0 bridgehead atoms. The molecule has 1 unspecified atom stereocenters. The lowest BCUT2D eigenvalue weighted by atomic mass is 10.3. The van der Waals surface area contributed by atoms with Crippen LogP contribution in [-0.4, -0.2) is 52.3 Å². The highest BCUT2D eigenvalue weighted by Gasteiger charge is 2.21. The van der Waals surface area contributed by atoms with E-state index in [1.165, 1.54) is 12.8 Å². The summed E-state index contributed by atoms with van der Waals surface area (Å²) in [7, 11) is 1.85. The van der Waals surface area contributed by atoms with Crippen molar-refractivity contribution < 1.29 is 9.84 Å². The minimum atomic E-state index is -0.430. The van der Waals surface area contributed by atoms with Crippen molar-refractivity contribution in [3.63, 3.8) is 0 Å². The first-order chi connectivity index (χ1) is 8.74. The summed E-state index contributed by atoms with van der Waals surface area (Å²) in [5.41, 5.74) is 0. The van der Waals surface area contributed by atoms with E-state index in [-0.39, 0.29) is 0 Å². The largest absolute Gasteiger partial charge is 0.389 e. The van der Waals surface area contributed by atoms with Crippen LogP contribution in [0.15, 0.2) is 6.33 Å². The quantitative estimate of drug-likeness (QED) is 0.594. The lowest BCUT2D eigenvalue weighted by molar-refractivity contribution is 0.0327. The molecule has 1 aromatic heterocycles. The molecule has 1 saturated carbocycles. The van der Waals surface area contributed by atoms with Crippen LogP contribution < -0.4 is 5.32 Å². The Morgan fingerprint density at radius 2 is 2.44 bits per heavy atom. The molecular weight excluding hydrogens is 232 g/mol. The maximum absolute atomic E-state index is 9.66. The highest BCUT2D eigenvalue weighted by Crippen LogP contribution is 2.28. The van der Waals surface area contributed by atoms with Gasteiger partial charge < -0.3 is 15.2 Å². The molecule has 0 spiro atoms. The summed E-state index contributed by atoms with van der Waals surface area (Å²) in [5, 5.41) is 17.0. The SMILES string of the molecule is Cn1cnc(CCNCC(O)COCC2CC2)n1. The van der Waals surface area contributed by atoms with Crippen molar-refractivity contribution in [2.24, 2.45) is 13.0 Å². The third-order valence-electron chi connectivity index (χ3n) is 2.91. The topological polar surface area (TPSA) is 72.2 Å². The van der Waals surface area contributed by atoms with Gasteiger partial charge in [-0.25, -0.2) is 4.98 Å². The molecule has 1 aromatic rings. The van der Waals surface area contributed by atoms with Gasteiger partial charge >= 0.3 is 0 Å². The molecule has 0 aliphatic heterocycles. The maximum atomic E-state index is 9.66. The summed E-state index contributed by atoms with van der Waals surface area (Å²) in [6.45, 7) is 2.54. The zero-order valence-corrected chi connectivity index (χ0v) is 10.9. The van der Waals surface area contributed by atoms with E-state index in [0.29, 0.717) is 13.2 Å². The Hall–Kier alpha value is -0.980. The van der Waals surface area contributed by atoms with E-state index in [4.69, 9.17) is 4.74 Å². The van der Waals surface area contributed by atoms with Gasteiger partial charge in [-0.1, -0.05) is 0 Å². The molecule has 1 fully saturated rings. The molecule has 1 aliphatic carbocycles. The molecule has 6 nitrogen and oxygen atoms in total. The minimum absolute atomic E-state index is 0.422.